The predicted octanol–water partition coefficient (Wildman–Crippen LogP) is 3.41. The molecule has 2 aromatic carbocycles. The number of nitrogens with zero attached hydrogens (tertiary/aromatic N) is 1. The Morgan fingerprint density at radius 3 is 2.63 bits per heavy atom. The number of fused-ring (bicyclic) bond motifs is 5. The van der Waals surface area contributed by atoms with Crippen LogP contribution in [0.25, 0.3) is 11.1 Å². The number of hydrogen-bond donors (Lipinski definition) is 1. The van der Waals surface area contributed by atoms with Crippen LogP contribution in [0.15, 0.2) is 47.4 Å². The molecule has 0 spiro atoms. The molecule has 0 radical (unpaired) electrons. The molecule has 1 N–H and O–H groups in total. The second-order valence-electron chi connectivity index (χ2n) is 7.96. The van der Waals surface area contributed by atoms with Gasteiger partial charge in [-0.25, -0.2) is 8.42 Å². The van der Waals surface area contributed by atoms with Crippen molar-refractivity contribution < 1.29 is 13.2 Å². The van der Waals surface area contributed by atoms with Crippen molar-refractivity contribution >= 4 is 21.6 Å². The van der Waals surface area contributed by atoms with Crippen LogP contribution in [-0.4, -0.2) is 27.4 Å². The molecule has 140 valence electrons. The van der Waals surface area contributed by atoms with E-state index in [0.29, 0.717) is 22.7 Å². The van der Waals surface area contributed by atoms with E-state index < -0.39 is 10.0 Å². The average molecular weight is 382 g/mol. The van der Waals surface area contributed by atoms with Crippen LogP contribution in [0.5, 0.6) is 0 Å². The number of carbonyl (C=O) groups excluding carboxylic acids is 1. The molecular formula is C21H22N2O3S. The van der Waals surface area contributed by atoms with Crippen LogP contribution in [-0.2, 0) is 10.0 Å². The quantitative estimate of drug-likeness (QED) is 0.866. The van der Waals surface area contributed by atoms with Gasteiger partial charge in [0.15, 0.2) is 0 Å². The van der Waals surface area contributed by atoms with Gasteiger partial charge < -0.3 is 5.32 Å². The summed E-state index contributed by atoms with van der Waals surface area (Å²) >= 11 is 0. The first kappa shape index (κ1) is 16.8. The number of sulfonamides is 1. The Kier molecular flexibility index (Phi) is 3.63. The van der Waals surface area contributed by atoms with E-state index in [9.17, 15) is 13.2 Å². The number of hydrogen-bond acceptors (Lipinski definition) is 3. The first-order valence-corrected chi connectivity index (χ1v) is 10.9. The first-order valence-electron chi connectivity index (χ1n) is 9.48. The fourth-order valence-corrected chi connectivity index (χ4v) is 6.45. The van der Waals surface area contributed by atoms with Crippen molar-refractivity contribution in [2.45, 2.75) is 36.6 Å². The lowest BCUT2D eigenvalue weighted by Gasteiger charge is -2.29. The lowest BCUT2D eigenvalue weighted by atomic mass is 9.94. The van der Waals surface area contributed by atoms with Crippen LogP contribution >= 0.6 is 0 Å². The number of carbonyl (C=O) groups is 1. The molecular weight excluding hydrogens is 360 g/mol. The SMILES string of the molecule is CN1c2ccc(C(=O)N[C@@H]3C[C@H]4CC[C@H]3C4)cc2-c2ccccc2S1(=O)=O. The smallest absolute Gasteiger partial charge is 0.264 e. The van der Waals surface area contributed by atoms with Crippen molar-refractivity contribution in [1.82, 2.24) is 5.32 Å². The second-order valence-corrected chi connectivity index (χ2v) is 9.89. The van der Waals surface area contributed by atoms with Gasteiger partial charge in [-0.2, -0.15) is 0 Å². The predicted molar refractivity (Wildman–Crippen MR) is 104 cm³/mol. The number of amides is 1. The lowest BCUT2D eigenvalue weighted by molar-refractivity contribution is 0.0923. The van der Waals surface area contributed by atoms with Gasteiger partial charge in [-0.15, -0.1) is 0 Å². The van der Waals surface area contributed by atoms with Gasteiger partial charge >= 0.3 is 0 Å². The summed E-state index contributed by atoms with van der Waals surface area (Å²) in [5.41, 5.74) is 2.62. The number of nitrogens with one attached hydrogen (secondary N) is 1. The molecule has 5 nitrogen and oxygen atoms in total. The normalized spacial score (nSPS) is 27.1. The van der Waals surface area contributed by atoms with Gasteiger partial charge in [0.05, 0.1) is 10.6 Å². The molecule has 0 aromatic heterocycles. The summed E-state index contributed by atoms with van der Waals surface area (Å²) < 4.78 is 26.8. The molecule has 2 bridgehead atoms. The van der Waals surface area contributed by atoms with Gasteiger partial charge in [0.1, 0.15) is 0 Å². The third kappa shape index (κ3) is 2.50. The molecule has 2 fully saturated rings. The summed E-state index contributed by atoms with van der Waals surface area (Å²) in [5.74, 6) is 1.33. The molecule has 6 heteroatoms. The molecule has 5 rings (SSSR count). The van der Waals surface area contributed by atoms with Gasteiger partial charge in [-0.05, 0) is 55.4 Å². The molecule has 0 unspecified atom stereocenters. The fraction of sp³-hybridized carbons (Fsp3) is 0.381. The number of benzene rings is 2. The van der Waals surface area contributed by atoms with Gasteiger partial charge in [0.25, 0.3) is 15.9 Å². The van der Waals surface area contributed by atoms with Crippen LogP contribution in [0.1, 0.15) is 36.0 Å². The minimum Gasteiger partial charge on any atom is -0.349 e. The van der Waals surface area contributed by atoms with E-state index in [-0.39, 0.29) is 16.8 Å². The third-order valence-corrected chi connectivity index (χ3v) is 8.30. The second kappa shape index (κ2) is 5.83. The molecule has 3 atom stereocenters. The third-order valence-electron chi connectivity index (χ3n) is 6.47. The standard InChI is InChI=1S/C21H22N2O3S/c1-23-19-9-8-15(21(24)22-18-11-13-6-7-14(18)10-13)12-17(19)16-4-2-3-5-20(16)27(23,25)26/h2-5,8-9,12-14,18H,6-7,10-11H2,1H3,(H,22,24)/t13-,14-,18+/m0/s1. The van der Waals surface area contributed by atoms with Crippen LogP contribution in [0, 0.1) is 11.8 Å². The van der Waals surface area contributed by atoms with Crippen molar-refractivity contribution in [2.75, 3.05) is 11.4 Å². The van der Waals surface area contributed by atoms with Crippen molar-refractivity contribution in [3.05, 3.63) is 48.0 Å². The zero-order valence-electron chi connectivity index (χ0n) is 15.2. The van der Waals surface area contributed by atoms with E-state index in [4.69, 9.17) is 0 Å². The van der Waals surface area contributed by atoms with Crippen LogP contribution in [0.4, 0.5) is 5.69 Å². The zero-order valence-corrected chi connectivity index (χ0v) is 16.0. The van der Waals surface area contributed by atoms with E-state index >= 15 is 0 Å². The van der Waals surface area contributed by atoms with Gasteiger partial charge in [-0.3, -0.25) is 9.10 Å². The topological polar surface area (TPSA) is 66.5 Å². The fourth-order valence-electron chi connectivity index (χ4n) is 5.03. The summed E-state index contributed by atoms with van der Waals surface area (Å²) in [6.45, 7) is 0. The molecule has 1 aliphatic heterocycles. The molecule has 2 aromatic rings. The molecule has 27 heavy (non-hydrogen) atoms. The maximum Gasteiger partial charge on any atom is 0.264 e. The highest BCUT2D eigenvalue weighted by Gasteiger charge is 2.40. The van der Waals surface area contributed by atoms with Crippen LogP contribution < -0.4 is 9.62 Å². The zero-order chi connectivity index (χ0) is 18.8. The molecule has 1 heterocycles. The van der Waals surface area contributed by atoms with Crippen molar-refractivity contribution in [3.8, 4) is 11.1 Å². The molecule has 0 saturated heterocycles. The Morgan fingerprint density at radius 1 is 1.07 bits per heavy atom. The van der Waals surface area contributed by atoms with Crippen molar-refractivity contribution in [1.29, 1.82) is 0 Å². The number of anilines is 1. The summed E-state index contributed by atoms with van der Waals surface area (Å²) in [4.78, 5) is 13.1. The minimum atomic E-state index is -3.56. The van der Waals surface area contributed by atoms with Crippen molar-refractivity contribution in [3.63, 3.8) is 0 Å². The Hall–Kier alpha value is -2.34. The summed E-state index contributed by atoms with van der Waals surface area (Å²) in [6, 6.07) is 12.5. The largest absolute Gasteiger partial charge is 0.349 e. The summed E-state index contributed by atoms with van der Waals surface area (Å²) in [7, 11) is -2.00. The van der Waals surface area contributed by atoms with Gasteiger partial charge in [0.2, 0.25) is 0 Å². The number of rotatable bonds is 2. The van der Waals surface area contributed by atoms with E-state index in [2.05, 4.69) is 5.32 Å². The van der Waals surface area contributed by atoms with E-state index in [1.807, 2.05) is 12.1 Å². The molecule has 1 amide bonds. The minimum absolute atomic E-state index is 0.0658. The Bertz CT molecular complexity index is 1050. The molecule has 2 saturated carbocycles. The summed E-state index contributed by atoms with van der Waals surface area (Å²) in [5, 5.41) is 3.21. The van der Waals surface area contributed by atoms with Crippen LogP contribution in [0.2, 0.25) is 0 Å². The van der Waals surface area contributed by atoms with E-state index in [1.165, 1.54) is 23.6 Å². The Morgan fingerprint density at radius 2 is 1.89 bits per heavy atom. The maximum absolute atomic E-state index is 12.8. The van der Waals surface area contributed by atoms with E-state index in [1.54, 1.807) is 37.4 Å². The van der Waals surface area contributed by atoms with Crippen molar-refractivity contribution in [2.24, 2.45) is 11.8 Å². The summed E-state index contributed by atoms with van der Waals surface area (Å²) in [6.07, 6.45) is 4.85. The van der Waals surface area contributed by atoms with Crippen LogP contribution in [0.3, 0.4) is 0 Å². The van der Waals surface area contributed by atoms with Gasteiger partial charge in [0, 0.05) is 29.8 Å². The highest BCUT2D eigenvalue weighted by atomic mass is 32.2. The Balaban J connectivity index is 1.51. The van der Waals surface area contributed by atoms with E-state index in [0.717, 1.165) is 17.9 Å². The monoisotopic (exact) mass is 382 g/mol. The lowest BCUT2D eigenvalue weighted by Crippen LogP contribution is -2.38. The van der Waals surface area contributed by atoms with Gasteiger partial charge in [-0.1, -0.05) is 24.6 Å². The highest BCUT2D eigenvalue weighted by Crippen LogP contribution is 2.45. The highest BCUT2D eigenvalue weighted by molar-refractivity contribution is 7.93. The molecule has 2 aliphatic carbocycles. The Labute approximate surface area is 159 Å². The molecule has 3 aliphatic rings. The average Bonchev–Trinajstić information content (AvgIpc) is 3.29. The first-order chi connectivity index (χ1) is 12.9. The maximum atomic E-state index is 12.8.